The molecule has 0 fully saturated rings. The van der Waals surface area contributed by atoms with Crippen molar-refractivity contribution in [3.8, 4) is 5.88 Å². The van der Waals surface area contributed by atoms with Crippen LogP contribution in [0.15, 0.2) is 6.33 Å². The number of nitrogens with zero attached hydrogens (tertiary/aromatic N) is 3. The van der Waals surface area contributed by atoms with Gasteiger partial charge in [0.25, 0.3) is 5.88 Å². The topological polar surface area (TPSA) is 99.4 Å². The number of ether oxygens (including phenoxy) is 2. The molecule has 0 aliphatic heterocycles. The van der Waals surface area contributed by atoms with E-state index in [0.29, 0.717) is 19.8 Å². The van der Waals surface area contributed by atoms with Gasteiger partial charge in [0, 0.05) is 13.7 Å². The van der Waals surface area contributed by atoms with E-state index in [1.807, 2.05) is 13.8 Å². The molecule has 1 N–H and O–H groups in total. The van der Waals surface area contributed by atoms with Gasteiger partial charge in [0.2, 0.25) is 5.82 Å². The highest BCUT2D eigenvalue weighted by Crippen LogP contribution is 2.30. The lowest BCUT2D eigenvalue weighted by Gasteiger charge is -2.10. The van der Waals surface area contributed by atoms with Gasteiger partial charge in [-0.05, 0) is 5.92 Å². The van der Waals surface area contributed by atoms with Crippen molar-refractivity contribution < 1.29 is 14.4 Å². The molecular weight excluding hydrogens is 252 g/mol. The van der Waals surface area contributed by atoms with Gasteiger partial charge in [-0.3, -0.25) is 10.1 Å². The number of anilines is 1. The Balaban J connectivity index is 2.90. The van der Waals surface area contributed by atoms with E-state index in [4.69, 9.17) is 9.47 Å². The molecule has 0 bridgehead atoms. The van der Waals surface area contributed by atoms with E-state index in [2.05, 4.69) is 15.3 Å². The van der Waals surface area contributed by atoms with E-state index in [1.54, 1.807) is 7.11 Å². The highest BCUT2D eigenvalue weighted by atomic mass is 16.6. The Morgan fingerprint density at radius 3 is 2.79 bits per heavy atom. The summed E-state index contributed by atoms with van der Waals surface area (Å²) in [5, 5.41) is 13.9. The number of nitro groups is 1. The van der Waals surface area contributed by atoms with Gasteiger partial charge in [0.15, 0.2) is 0 Å². The molecule has 0 saturated carbocycles. The van der Waals surface area contributed by atoms with Crippen LogP contribution in [0, 0.1) is 16.0 Å². The van der Waals surface area contributed by atoms with Gasteiger partial charge >= 0.3 is 5.69 Å². The fourth-order valence-corrected chi connectivity index (χ4v) is 1.28. The van der Waals surface area contributed by atoms with Gasteiger partial charge in [-0.25, -0.2) is 4.98 Å². The lowest BCUT2D eigenvalue weighted by Crippen LogP contribution is -2.13. The lowest BCUT2D eigenvalue weighted by molar-refractivity contribution is -0.385. The third kappa shape index (κ3) is 4.66. The first kappa shape index (κ1) is 15.1. The van der Waals surface area contributed by atoms with Gasteiger partial charge in [-0.1, -0.05) is 13.8 Å². The SMILES string of the molecule is COCCNc1ncnc(OCC(C)C)c1[N+](=O)[O-]. The second kappa shape index (κ2) is 7.47. The van der Waals surface area contributed by atoms with Crippen molar-refractivity contribution in [3.05, 3.63) is 16.4 Å². The molecule has 0 spiro atoms. The van der Waals surface area contributed by atoms with Crippen molar-refractivity contribution in [3.63, 3.8) is 0 Å². The van der Waals surface area contributed by atoms with Crippen molar-refractivity contribution in [2.75, 3.05) is 32.2 Å². The summed E-state index contributed by atoms with van der Waals surface area (Å²) in [4.78, 5) is 18.2. The zero-order valence-corrected chi connectivity index (χ0v) is 11.3. The highest BCUT2D eigenvalue weighted by Gasteiger charge is 2.24. The number of aromatic nitrogens is 2. The maximum Gasteiger partial charge on any atom is 0.372 e. The first-order chi connectivity index (χ1) is 9.06. The Labute approximate surface area is 111 Å². The summed E-state index contributed by atoms with van der Waals surface area (Å²) in [5.41, 5.74) is -0.251. The summed E-state index contributed by atoms with van der Waals surface area (Å²) in [6, 6.07) is 0. The average Bonchev–Trinajstić information content (AvgIpc) is 2.36. The number of methoxy groups -OCH3 is 1. The van der Waals surface area contributed by atoms with Crippen LogP contribution in [0.1, 0.15) is 13.8 Å². The number of hydrogen-bond donors (Lipinski definition) is 1. The molecule has 0 saturated heterocycles. The van der Waals surface area contributed by atoms with Gasteiger partial charge < -0.3 is 14.8 Å². The lowest BCUT2D eigenvalue weighted by atomic mass is 10.2. The predicted octanol–water partition coefficient (Wildman–Crippen LogP) is 1.48. The fraction of sp³-hybridized carbons (Fsp3) is 0.636. The van der Waals surface area contributed by atoms with E-state index >= 15 is 0 Å². The monoisotopic (exact) mass is 270 g/mol. The van der Waals surface area contributed by atoms with Gasteiger partial charge in [0.05, 0.1) is 18.1 Å². The summed E-state index contributed by atoms with van der Waals surface area (Å²) in [7, 11) is 1.55. The Bertz CT molecular complexity index is 425. The zero-order chi connectivity index (χ0) is 14.3. The van der Waals surface area contributed by atoms with Gasteiger partial charge in [0.1, 0.15) is 6.33 Å². The molecule has 0 aliphatic rings. The van der Waals surface area contributed by atoms with E-state index in [-0.39, 0.29) is 23.3 Å². The molecule has 1 heterocycles. The zero-order valence-electron chi connectivity index (χ0n) is 11.3. The summed E-state index contributed by atoms with van der Waals surface area (Å²) >= 11 is 0. The molecule has 8 nitrogen and oxygen atoms in total. The van der Waals surface area contributed by atoms with Crippen molar-refractivity contribution in [1.82, 2.24) is 9.97 Å². The van der Waals surface area contributed by atoms with Gasteiger partial charge in [-0.15, -0.1) is 0 Å². The molecule has 1 aromatic rings. The highest BCUT2D eigenvalue weighted by molar-refractivity contribution is 5.61. The van der Waals surface area contributed by atoms with Crippen molar-refractivity contribution >= 4 is 11.5 Å². The molecule has 0 unspecified atom stereocenters. The Morgan fingerprint density at radius 1 is 1.47 bits per heavy atom. The standard InChI is InChI=1S/C11H18N4O4/c1-8(2)6-19-11-9(15(16)17)10(13-7-14-11)12-4-5-18-3/h7-8H,4-6H2,1-3H3,(H,12,13,14). The van der Waals surface area contributed by atoms with Crippen LogP contribution in [0.5, 0.6) is 5.88 Å². The Morgan fingerprint density at radius 2 is 2.21 bits per heavy atom. The van der Waals surface area contributed by atoms with Crippen LogP contribution in [0.2, 0.25) is 0 Å². The molecule has 0 amide bonds. The molecule has 8 heteroatoms. The Kier molecular flexibility index (Phi) is 5.94. The minimum absolute atomic E-state index is 0.0198. The van der Waals surface area contributed by atoms with Crippen LogP contribution in [0.3, 0.4) is 0 Å². The first-order valence-corrected chi connectivity index (χ1v) is 5.91. The molecule has 0 radical (unpaired) electrons. The van der Waals surface area contributed by atoms with Crippen molar-refractivity contribution in [1.29, 1.82) is 0 Å². The largest absolute Gasteiger partial charge is 0.472 e. The maximum absolute atomic E-state index is 11.1. The van der Waals surface area contributed by atoms with Crippen molar-refractivity contribution in [2.45, 2.75) is 13.8 Å². The average molecular weight is 270 g/mol. The summed E-state index contributed by atoms with van der Waals surface area (Å²) < 4.78 is 10.2. The maximum atomic E-state index is 11.1. The summed E-state index contributed by atoms with van der Waals surface area (Å²) in [5.74, 6) is 0.365. The van der Waals surface area contributed by atoms with E-state index in [1.165, 1.54) is 6.33 Å². The number of rotatable bonds is 8. The van der Waals surface area contributed by atoms with E-state index in [9.17, 15) is 10.1 Å². The van der Waals surface area contributed by atoms with Crippen LogP contribution < -0.4 is 10.1 Å². The Hall–Kier alpha value is -1.96. The van der Waals surface area contributed by atoms with E-state index < -0.39 is 4.92 Å². The molecule has 106 valence electrons. The van der Waals surface area contributed by atoms with Crippen molar-refractivity contribution in [2.24, 2.45) is 5.92 Å². The quantitative estimate of drug-likeness (QED) is 0.434. The molecule has 0 aromatic carbocycles. The van der Waals surface area contributed by atoms with Crippen LogP contribution in [0.25, 0.3) is 0 Å². The third-order valence-electron chi connectivity index (χ3n) is 2.12. The predicted molar refractivity (Wildman–Crippen MR) is 69.4 cm³/mol. The fourth-order valence-electron chi connectivity index (χ4n) is 1.28. The molecule has 1 aromatic heterocycles. The normalized spacial score (nSPS) is 10.5. The molecular formula is C11H18N4O4. The van der Waals surface area contributed by atoms with Crippen LogP contribution in [-0.2, 0) is 4.74 Å². The van der Waals surface area contributed by atoms with Crippen LogP contribution in [0.4, 0.5) is 11.5 Å². The minimum Gasteiger partial charge on any atom is -0.472 e. The summed E-state index contributed by atoms with van der Waals surface area (Å²) in [6.45, 7) is 5.09. The smallest absolute Gasteiger partial charge is 0.372 e. The van der Waals surface area contributed by atoms with Crippen LogP contribution in [-0.4, -0.2) is 41.8 Å². The molecule has 19 heavy (non-hydrogen) atoms. The number of nitrogens with one attached hydrogen (secondary N) is 1. The molecule has 1 rings (SSSR count). The first-order valence-electron chi connectivity index (χ1n) is 5.91. The number of hydrogen-bond acceptors (Lipinski definition) is 7. The molecule has 0 atom stereocenters. The second-order valence-electron chi connectivity index (χ2n) is 4.26. The summed E-state index contributed by atoms with van der Waals surface area (Å²) in [6.07, 6.45) is 1.23. The van der Waals surface area contributed by atoms with Gasteiger partial charge in [-0.2, -0.15) is 4.98 Å². The third-order valence-corrected chi connectivity index (χ3v) is 2.12. The van der Waals surface area contributed by atoms with Crippen LogP contribution >= 0.6 is 0 Å². The molecule has 0 aliphatic carbocycles. The van der Waals surface area contributed by atoms with E-state index in [0.717, 1.165) is 0 Å². The minimum atomic E-state index is -0.551. The second-order valence-corrected chi connectivity index (χ2v) is 4.26.